The Morgan fingerprint density at radius 2 is 2.00 bits per heavy atom. The number of nitrogens with zero attached hydrogens (tertiary/aromatic N) is 1. The third-order valence-electron chi connectivity index (χ3n) is 2.29. The van der Waals surface area contributed by atoms with Gasteiger partial charge in [0.1, 0.15) is 5.84 Å². The van der Waals surface area contributed by atoms with Crippen LogP contribution in [0.15, 0.2) is 16.1 Å². The van der Waals surface area contributed by atoms with Crippen LogP contribution in [-0.2, 0) is 0 Å². The maximum absolute atomic E-state index is 5.73. The van der Waals surface area contributed by atoms with Gasteiger partial charge in [-0.25, -0.2) is 0 Å². The topological polar surface area (TPSA) is 38.4 Å². The van der Waals surface area contributed by atoms with E-state index in [2.05, 4.69) is 11.9 Å². The fourth-order valence-corrected chi connectivity index (χ4v) is 1.54. The Morgan fingerprint density at radius 3 is 2.55 bits per heavy atom. The van der Waals surface area contributed by atoms with Crippen molar-refractivity contribution in [2.45, 2.75) is 32.6 Å². The van der Waals surface area contributed by atoms with E-state index in [0.717, 1.165) is 12.3 Å². The molecule has 1 aliphatic carbocycles. The lowest BCUT2D eigenvalue weighted by atomic mass is 9.92. The molecule has 2 heteroatoms. The Bertz CT molecular complexity index is 202. The lowest BCUT2D eigenvalue weighted by Gasteiger charge is -2.16. The predicted octanol–water partition coefficient (Wildman–Crippen LogP) is 1.86. The number of hydrogen-bond acceptors (Lipinski definition) is 1. The van der Waals surface area contributed by atoms with Gasteiger partial charge in [-0.1, -0.05) is 5.57 Å². The lowest BCUT2D eigenvalue weighted by molar-refractivity contribution is 0.687. The van der Waals surface area contributed by atoms with E-state index < -0.39 is 0 Å². The molecule has 0 amide bonds. The molecule has 0 saturated heterocycles. The average Bonchev–Trinajstić information content (AvgIpc) is 2.04. The summed E-state index contributed by atoms with van der Waals surface area (Å²) in [5.41, 5.74) is 8.45. The first-order valence-electron chi connectivity index (χ1n) is 4.17. The fraction of sp³-hybridized carbons (Fsp3) is 0.667. The van der Waals surface area contributed by atoms with E-state index in [4.69, 9.17) is 5.73 Å². The second kappa shape index (κ2) is 3.56. The summed E-state index contributed by atoms with van der Waals surface area (Å²) >= 11 is 0. The van der Waals surface area contributed by atoms with Crippen molar-refractivity contribution in [1.29, 1.82) is 0 Å². The van der Waals surface area contributed by atoms with E-state index in [1.54, 1.807) is 7.05 Å². The van der Waals surface area contributed by atoms with Crippen LogP contribution < -0.4 is 5.73 Å². The number of amidine groups is 1. The Labute approximate surface area is 68.2 Å². The van der Waals surface area contributed by atoms with E-state index in [1.165, 1.54) is 30.4 Å². The van der Waals surface area contributed by atoms with Crippen LogP contribution in [0.1, 0.15) is 32.6 Å². The molecule has 11 heavy (non-hydrogen) atoms. The van der Waals surface area contributed by atoms with Gasteiger partial charge < -0.3 is 5.73 Å². The molecule has 0 heterocycles. The van der Waals surface area contributed by atoms with Crippen molar-refractivity contribution in [3.63, 3.8) is 0 Å². The lowest BCUT2D eigenvalue weighted by Crippen LogP contribution is -2.18. The van der Waals surface area contributed by atoms with Crippen LogP contribution in [0.3, 0.4) is 0 Å². The van der Waals surface area contributed by atoms with Crippen LogP contribution >= 0.6 is 0 Å². The quantitative estimate of drug-likeness (QED) is 0.452. The second-order valence-electron chi connectivity index (χ2n) is 3.07. The minimum absolute atomic E-state index is 0.738. The highest BCUT2D eigenvalue weighted by Crippen LogP contribution is 2.23. The largest absolute Gasteiger partial charge is 0.384 e. The SMILES string of the molecule is C/N=C(/N)C1=C(C)CCCC1. The Hall–Kier alpha value is -0.790. The zero-order valence-corrected chi connectivity index (χ0v) is 7.35. The van der Waals surface area contributed by atoms with E-state index in [9.17, 15) is 0 Å². The van der Waals surface area contributed by atoms with Crippen molar-refractivity contribution in [3.05, 3.63) is 11.1 Å². The first-order valence-corrected chi connectivity index (χ1v) is 4.17. The molecular formula is C9H16N2. The summed E-state index contributed by atoms with van der Waals surface area (Å²) in [6.07, 6.45) is 4.90. The van der Waals surface area contributed by atoms with Gasteiger partial charge in [0.15, 0.2) is 0 Å². The summed E-state index contributed by atoms with van der Waals surface area (Å²) in [6, 6.07) is 0. The molecular weight excluding hydrogens is 136 g/mol. The van der Waals surface area contributed by atoms with Crippen molar-refractivity contribution >= 4 is 5.84 Å². The molecule has 0 radical (unpaired) electrons. The molecule has 0 saturated carbocycles. The molecule has 62 valence electrons. The Morgan fingerprint density at radius 1 is 1.36 bits per heavy atom. The van der Waals surface area contributed by atoms with Crippen molar-refractivity contribution in [1.82, 2.24) is 0 Å². The van der Waals surface area contributed by atoms with Crippen LogP contribution in [0.2, 0.25) is 0 Å². The summed E-state index contributed by atoms with van der Waals surface area (Å²) in [7, 11) is 1.75. The van der Waals surface area contributed by atoms with E-state index in [1.807, 2.05) is 0 Å². The molecule has 0 aromatic rings. The molecule has 2 nitrogen and oxygen atoms in total. The third kappa shape index (κ3) is 1.82. The zero-order valence-electron chi connectivity index (χ0n) is 7.35. The summed E-state index contributed by atoms with van der Waals surface area (Å²) in [5, 5.41) is 0. The molecule has 0 fully saturated rings. The monoisotopic (exact) mass is 152 g/mol. The molecule has 1 rings (SSSR count). The molecule has 0 unspecified atom stereocenters. The fourth-order valence-electron chi connectivity index (χ4n) is 1.54. The van der Waals surface area contributed by atoms with E-state index in [-0.39, 0.29) is 0 Å². The number of allylic oxidation sites excluding steroid dienone is 1. The smallest absolute Gasteiger partial charge is 0.121 e. The first kappa shape index (κ1) is 8.31. The summed E-state index contributed by atoms with van der Waals surface area (Å²) in [4.78, 5) is 4.00. The van der Waals surface area contributed by atoms with Crippen LogP contribution in [0.25, 0.3) is 0 Å². The molecule has 0 aromatic heterocycles. The normalized spacial score (nSPS) is 20.7. The molecule has 1 aliphatic rings. The standard InChI is InChI=1S/C9H16N2/c1-7-5-3-4-6-8(7)9(10)11-2/h3-6H2,1-2H3,(H2,10,11). The summed E-state index contributed by atoms with van der Waals surface area (Å²) in [6.45, 7) is 2.16. The Kier molecular flexibility index (Phi) is 2.69. The van der Waals surface area contributed by atoms with Crippen molar-refractivity contribution in [2.75, 3.05) is 7.05 Å². The van der Waals surface area contributed by atoms with Crippen molar-refractivity contribution in [2.24, 2.45) is 10.7 Å². The zero-order chi connectivity index (χ0) is 8.27. The Balaban J connectivity index is 2.82. The number of hydrogen-bond donors (Lipinski definition) is 1. The summed E-state index contributed by atoms with van der Waals surface area (Å²) in [5.74, 6) is 0.738. The van der Waals surface area contributed by atoms with Gasteiger partial charge in [-0.3, -0.25) is 4.99 Å². The molecule has 0 spiro atoms. The van der Waals surface area contributed by atoms with Gasteiger partial charge in [0.25, 0.3) is 0 Å². The van der Waals surface area contributed by atoms with Gasteiger partial charge in [0.2, 0.25) is 0 Å². The van der Waals surface area contributed by atoms with E-state index in [0.29, 0.717) is 0 Å². The highest BCUT2D eigenvalue weighted by Gasteiger charge is 2.11. The van der Waals surface area contributed by atoms with Crippen molar-refractivity contribution in [3.8, 4) is 0 Å². The minimum Gasteiger partial charge on any atom is -0.384 e. The number of rotatable bonds is 1. The summed E-state index contributed by atoms with van der Waals surface area (Å²) < 4.78 is 0. The highest BCUT2D eigenvalue weighted by atomic mass is 14.8. The number of aliphatic imine (C=N–C) groups is 1. The minimum atomic E-state index is 0.738. The average molecular weight is 152 g/mol. The molecule has 2 N–H and O–H groups in total. The molecule has 0 aromatic carbocycles. The number of nitrogens with two attached hydrogens (primary N) is 1. The van der Waals surface area contributed by atoms with Gasteiger partial charge >= 0.3 is 0 Å². The molecule has 0 atom stereocenters. The van der Waals surface area contributed by atoms with E-state index >= 15 is 0 Å². The van der Waals surface area contributed by atoms with Crippen LogP contribution in [0.4, 0.5) is 0 Å². The second-order valence-corrected chi connectivity index (χ2v) is 3.07. The maximum Gasteiger partial charge on any atom is 0.121 e. The van der Waals surface area contributed by atoms with Gasteiger partial charge in [0, 0.05) is 7.05 Å². The van der Waals surface area contributed by atoms with Gasteiger partial charge in [0.05, 0.1) is 0 Å². The maximum atomic E-state index is 5.73. The third-order valence-corrected chi connectivity index (χ3v) is 2.29. The van der Waals surface area contributed by atoms with Crippen molar-refractivity contribution < 1.29 is 0 Å². The van der Waals surface area contributed by atoms with Gasteiger partial charge in [-0.15, -0.1) is 0 Å². The van der Waals surface area contributed by atoms with Gasteiger partial charge in [-0.2, -0.15) is 0 Å². The van der Waals surface area contributed by atoms with Gasteiger partial charge in [-0.05, 0) is 38.2 Å². The molecule has 0 aliphatic heterocycles. The van der Waals surface area contributed by atoms with Crippen LogP contribution in [-0.4, -0.2) is 12.9 Å². The predicted molar refractivity (Wildman–Crippen MR) is 48.7 cm³/mol. The molecule has 0 bridgehead atoms. The highest BCUT2D eigenvalue weighted by molar-refractivity contribution is 5.97. The van der Waals surface area contributed by atoms with Crippen LogP contribution in [0.5, 0.6) is 0 Å². The first-order chi connectivity index (χ1) is 5.25. The van der Waals surface area contributed by atoms with Crippen LogP contribution in [0, 0.1) is 0 Å².